The van der Waals surface area contributed by atoms with Crippen LogP contribution in [-0.4, -0.2) is 51.6 Å². The largest absolute Gasteiger partial charge is 0.433 e. The standard InChI is InChI=1S/C16H21ClF3N5O/c1-4-24(5-2)8-6-7-21-15(26)13-12(17)14-22-10(3)9-11(16(18,19)20)25(14)23-13/h9H,4-8H2,1-3H3,(H,21,26). The first-order chi connectivity index (χ1) is 12.2. The molecule has 1 N–H and O–H groups in total. The second-order valence-electron chi connectivity index (χ2n) is 5.81. The van der Waals surface area contributed by atoms with Gasteiger partial charge in [0.1, 0.15) is 10.7 Å². The number of hydrogen-bond acceptors (Lipinski definition) is 4. The van der Waals surface area contributed by atoms with Crippen LogP contribution in [-0.2, 0) is 6.18 Å². The molecule has 0 spiro atoms. The molecule has 2 aromatic rings. The minimum atomic E-state index is -4.64. The number of rotatable bonds is 7. The number of nitrogens with one attached hydrogen (secondary N) is 1. The molecule has 0 unspecified atom stereocenters. The summed E-state index contributed by atoms with van der Waals surface area (Å²) in [7, 11) is 0. The molecule has 0 fully saturated rings. The lowest BCUT2D eigenvalue weighted by atomic mass is 10.3. The summed E-state index contributed by atoms with van der Waals surface area (Å²) >= 11 is 6.07. The highest BCUT2D eigenvalue weighted by Gasteiger charge is 2.36. The van der Waals surface area contributed by atoms with E-state index in [9.17, 15) is 18.0 Å². The quantitative estimate of drug-likeness (QED) is 0.736. The van der Waals surface area contributed by atoms with Gasteiger partial charge < -0.3 is 10.2 Å². The van der Waals surface area contributed by atoms with Crippen molar-refractivity contribution in [2.75, 3.05) is 26.2 Å². The summed E-state index contributed by atoms with van der Waals surface area (Å²) < 4.78 is 40.2. The van der Waals surface area contributed by atoms with Crippen LogP contribution in [0.25, 0.3) is 5.65 Å². The summed E-state index contributed by atoms with van der Waals surface area (Å²) in [6.45, 7) is 8.52. The van der Waals surface area contributed by atoms with Crippen LogP contribution >= 0.6 is 11.6 Å². The fraction of sp³-hybridized carbons (Fsp3) is 0.562. The van der Waals surface area contributed by atoms with E-state index < -0.39 is 17.8 Å². The number of hydrogen-bond donors (Lipinski definition) is 1. The van der Waals surface area contributed by atoms with Gasteiger partial charge in [0.05, 0.1) is 0 Å². The van der Waals surface area contributed by atoms with Crippen LogP contribution < -0.4 is 5.32 Å². The lowest BCUT2D eigenvalue weighted by Crippen LogP contribution is -2.30. The summed E-state index contributed by atoms with van der Waals surface area (Å²) in [5.41, 5.74) is -1.34. The first-order valence-electron chi connectivity index (χ1n) is 8.32. The molecule has 2 rings (SSSR count). The van der Waals surface area contributed by atoms with E-state index in [4.69, 9.17) is 11.6 Å². The summed E-state index contributed by atoms with van der Waals surface area (Å²) in [5, 5.41) is 6.19. The molecule has 0 aromatic carbocycles. The van der Waals surface area contributed by atoms with Gasteiger partial charge in [-0.15, -0.1) is 0 Å². The molecule has 0 aliphatic rings. The van der Waals surface area contributed by atoms with Gasteiger partial charge in [0.2, 0.25) is 0 Å². The van der Waals surface area contributed by atoms with Crippen LogP contribution in [0.1, 0.15) is 42.1 Å². The fourth-order valence-corrected chi connectivity index (χ4v) is 2.83. The molecular weight excluding hydrogens is 371 g/mol. The molecule has 0 aliphatic heterocycles. The third kappa shape index (κ3) is 4.45. The molecule has 1 amide bonds. The Hall–Kier alpha value is -1.87. The molecule has 0 atom stereocenters. The molecule has 6 nitrogen and oxygen atoms in total. The minimum Gasteiger partial charge on any atom is -0.351 e. The second kappa shape index (κ2) is 8.22. The number of carbonyl (C=O) groups excluding carboxylic acids is 1. The lowest BCUT2D eigenvalue weighted by molar-refractivity contribution is -0.142. The van der Waals surface area contributed by atoms with Crippen molar-refractivity contribution in [1.82, 2.24) is 24.8 Å². The highest BCUT2D eigenvalue weighted by Crippen LogP contribution is 2.32. The van der Waals surface area contributed by atoms with E-state index in [1.807, 2.05) is 13.8 Å². The van der Waals surface area contributed by atoms with E-state index in [0.717, 1.165) is 25.7 Å². The molecular formula is C16H21ClF3N5O. The van der Waals surface area contributed by atoms with Crippen LogP contribution in [0, 0.1) is 6.92 Å². The van der Waals surface area contributed by atoms with Crippen LogP contribution in [0.2, 0.25) is 5.02 Å². The summed E-state index contributed by atoms with van der Waals surface area (Å²) in [4.78, 5) is 18.4. The van der Waals surface area contributed by atoms with Crippen LogP contribution in [0.15, 0.2) is 6.07 Å². The maximum absolute atomic E-state index is 13.2. The third-order valence-corrected chi connectivity index (χ3v) is 4.35. The molecule has 0 radical (unpaired) electrons. The van der Waals surface area contributed by atoms with Crippen molar-refractivity contribution in [1.29, 1.82) is 0 Å². The van der Waals surface area contributed by atoms with Crippen molar-refractivity contribution in [3.63, 3.8) is 0 Å². The van der Waals surface area contributed by atoms with Crippen LogP contribution in [0.3, 0.4) is 0 Å². The van der Waals surface area contributed by atoms with Crippen molar-refractivity contribution in [3.05, 3.63) is 28.2 Å². The molecule has 2 heterocycles. The number of aromatic nitrogens is 3. The average Bonchev–Trinajstić information content (AvgIpc) is 2.90. The van der Waals surface area contributed by atoms with Gasteiger partial charge in [-0.1, -0.05) is 25.4 Å². The van der Waals surface area contributed by atoms with Crippen molar-refractivity contribution >= 4 is 23.2 Å². The van der Waals surface area contributed by atoms with Crippen molar-refractivity contribution < 1.29 is 18.0 Å². The molecule has 0 saturated carbocycles. The van der Waals surface area contributed by atoms with Gasteiger partial charge in [-0.25, -0.2) is 9.50 Å². The first kappa shape index (κ1) is 20.4. The van der Waals surface area contributed by atoms with Crippen LogP contribution in [0.4, 0.5) is 13.2 Å². The minimum absolute atomic E-state index is 0.137. The fourth-order valence-electron chi connectivity index (χ4n) is 2.59. The van der Waals surface area contributed by atoms with Crippen LogP contribution in [0.5, 0.6) is 0 Å². The number of alkyl halides is 3. The number of nitrogens with zero attached hydrogens (tertiary/aromatic N) is 4. The highest BCUT2D eigenvalue weighted by atomic mass is 35.5. The third-order valence-electron chi connectivity index (χ3n) is 4.00. The maximum atomic E-state index is 13.2. The smallest absolute Gasteiger partial charge is 0.351 e. The van der Waals surface area contributed by atoms with Gasteiger partial charge in [0.25, 0.3) is 5.91 Å². The Morgan fingerprint density at radius 1 is 1.35 bits per heavy atom. The molecule has 0 saturated heterocycles. The van der Waals surface area contributed by atoms with E-state index in [2.05, 4.69) is 20.3 Å². The number of amides is 1. The Bertz CT molecular complexity index is 786. The van der Waals surface area contributed by atoms with E-state index in [0.29, 0.717) is 17.5 Å². The highest BCUT2D eigenvalue weighted by molar-refractivity contribution is 6.36. The van der Waals surface area contributed by atoms with Gasteiger partial charge in [-0.2, -0.15) is 18.3 Å². The summed E-state index contributed by atoms with van der Waals surface area (Å²) in [6.07, 6.45) is -3.93. The Balaban J connectivity index is 2.19. The zero-order chi connectivity index (χ0) is 19.5. The van der Waals surface area contributed by atoms with Crippen molar-refractivity contribution in [3.8, 4) is 0 Å². The number of fused-ring (bicyclic) bond motifs is 1. The zero-order valence-electron chi connectivity index (χ0n) is 14.8. The molecule has 2 aromatic heterocycles. The first-order valence-corrected chi connectivity index (χ1v) is 8.70. The Labute approximate surface area is 154 Å². The molecule has 0 bridgehead atoms. The average molecular weight is 392 g/mol. The zero-order valence-corrected chi connectivity index (χ0v) is 15.6. The second-order valence-corrected chi connectivity index (χ2v) is 6.19. The van der Waals surface area contributed by atoms with Crippen molar-refractivity contribution in [2.45, 2.75) is 33.4 Å². The van der Waals surface area contributed by atoms with Gasteiger partial charge in [0, 0.05) is 12.2 Å². The molecule has 26 heavy (non-hydrogen) atoms. The van der Waals surface area contributed by atoms with Crippen molar-refractivity contribution in [2.24, 2.45) is 0 Å². The molecule has 10 heteroatoms. The number of aryl methyl sites for hydroxylation is 1. The monoisotopic (exact) mass is 391 g/mol. The SMILES string of the molecule is CCN(CC)CCCNC(=O)c1nn2c(C(F)(F)F)cc(C)nc2c1Cl. The number of halogens is 4. The van der Waals surface area contributed by atoms with Gasteiger partial charge in [-0.05, 0) is 39.0 Å². The van der Waals surface area contributed by atoms with E-state index in [-0.39, 0.29) is 22.1 Å². The summed E-state index contributed by atoms with van der Waals surface area (Å²) in [5.74, 6) is -0.620. The van der Waals surface area contributed by atoms with Gasteiger partial charge in [-0.3, -0.25) is 4.79 Å². The van der Waals surface area contributed by atoms with Gasteiger partial charge in [0.15, 0.2) is 11.3 Å². The number of carbonyl (C=O) groups is 1. The molecule has 144 valence electrons. The molecule has 0 aliphatic carbocycles. The topological polar surface area (TPSA) is 62.5 Å². The Kier molecular flexibility index (Phi) is 6.46. The van der Waals surface area contributed by atoms with E-state index in [1.54, 1.807) is 0 Å². The normalized spacial score (nSPS) is 12.2. The lowest BCUT2D eigenvalue weighted by Gasteiger charge is -2.17. The Morgan fingerprint density at radius 2 is 2.00 bits per heavy atom. The van der Waals surface area contributed by atoms with Gasteiger partial charge >= 0.3 is 6.18 Å². The Morgan fingerprint density at radius 3 is 2.58 bits per heavy atom. The predicted molar refractivity (Wildman–Crippen MR) is 92.5 cm³/mol. The van der Waals surface area contributed by atoms with E-state index in [1.165, 1.54) is 6.92 Å². The summed E-state index contributed by atoms with van der Waals surface area (Å²) in [6, 6.07) is 0.863. The van der Waals surface area contributed by atoms with E-state index >= 15 is 0 Å². The maximum Gasteiger partial charge on any atom is 0.433 e. The predicted octanol–water partition coefficient (Wildman–Crippen LogP) is 3.17.